The summed E-state index contributed by atoms with van der Waals surface area (Å²) < 4.78 is 33.0. The van der Waals surface area contributed by atoms with Crippen LogP contribution in [0.5, 0.6) is 0 Å². The second-order valence-electron chi connectivity index (χ2n) is 5.68. The average Bonchev–Trinajstić information content (AvgIpc) is 3.11. The fourth-order valence-corrected chi connectivity index (χ4v) is 3.63. The van der Waals surface area contributed by atoms with Gasteiger partial charge in [0.15, 0.2) is 0 Å². The summed E-state index contributed by atoms with van der Waals surface area (Å²) in [7, 11) is 1.08. The predicted octanol–water partition coefficient (Wildman–Crippen LogP) is 4.82. The van der Waals surface area contributed by atoms with E-state index in [4.69, 9.17) is 0 Å². The number of nitrogens with one attached hydrogen (secondary N) is 1. The lowest BCUT2D eigenvalue weighted by Gasteiger charge is -2.08. The zero-order chi connectivity index (χ0) is 20.3. The molecule has 0 saturated carbocycles. The minimum absolute atomic E-state index is 0.102. The van der Waals surface area contributed by atoms with Gasteiger partial charge in [-0.1, -0.05) is 28.1 Å². The van der Waals surface area contributed by atoms with E-state index < -0.39 is 29.1 Å². The quantitative estimate of drug-likeness (QED) is 0.547. The van der Waals surface area contributed by atoms with Crippen LogP contribution < -0.4 is 5.32 Å². The number of hydrogen-bond donors (Lipinski definition) is 1. The van der Waals surface area contributed by atoms with Gasteiger partial charge in [0.1, 0.15) is 16.6 Å². The summed E-state index contributed by atoms with van der Waals surface area (Å²) in [6, 6.07) is 9.01. The Bertz CT molecular complexity index is 1060. The second kappa shape index (κ2) is 8.57. The lowest BCUT2D eigenvalue weighted by molar-refractivity contribution is -0.115. The molecule has 3 rings (SSSR count). The van der Waals surface area contributed by atoms with Crippen molar-refractivity contribution < 1.29 is 23.1 Å². The molecule has 0 fully saturated rings. The fourth-order valence-electron chi connectivity index (χ4n) is 2.41. The Morgan fingerprint density at radius 2 is 2.00 bits per heavy atom. The zero-order valence-corrected chi connectivity index (χ0v) is 16.9. The highest BCUT2D eigenvalue weighted by Crippen LogP contribution is 2.26. The Labute approximate surface area is 171 Å². The summed E-state index contributed by atoms with van der Waals surface area (Å²) in [6.45, 7) is 0. The lowest BCUT2D eigenvalue weighted by Crippen LogP contribution is -2.17. The maximum Gasteiger partial charge on any atom is 0.340 e. The van der Waals surface area contributed by atoms with Crippen molar-refractivity contribution >= 4 is 44.8 Å². The minimum atomic E-state index is -1.07. The van der Waals surface area contributed by atoms with E-state index in [2.05, 4.69) is 31.0 Å². The second-order valence-corrected chi connectivity index (χ2v) is 7.46. The molecule has 3 aromatic rings. The van der Waals surface area contributed by atoms with Gasteiger partial charge in [-0.3, -0.25) is 4.79 Å². The number of nitrogens with zero attached hydrogens (tertiary/aromatic N) is 1. The summed E-state index contributed by atoms with van der Waals surface area (Å²) in [5.41, 5.74) is 0.630. The molecule has 28 heavy (non-hydrogen) atoms. The number of rotatable bonds is 5. The molecule has 1 amide bonds. The van der Waals surface area contributed by atoms with Crippen LogP contribution in [-0.2, 0) is 16.0 Å². The highest BCUT2D eigenvalue weighted by molar-refractivity contribution is 9.10. The van der Waals surface area contributed by atoms with Crippen molar-refractivity contribution in [2.75, 3.05) is 12.4 Å². The zero-order valence-electron chi connectivity index (χ0n) is 14.5. The number of thiazole rings is 1. The molecular formula is C19H13BrF2N2O3S. The third-order valence-electron chi connectivity index (χ3n) is 3.70. The molecule has 0 bridgehead atoms. The van der Waals surface area contributed by atoms with Crippen LogP contribution in [0, 0.1) is 11.6 Å². The number of hydrogen-bond acceptors (Lipinski definition) is 5. The molecule has 0 aliphatic heterocycles. The third kappa shape index (κ3) is 4.60. The SMILES string of the molecule is COC(=O)c1cc(NC(=O)Cc2csc(-c3cccc(Br)c3)n2)c(F)cc1F. The highest BCUT2D eigenvalue weighted by Gasteiger charge is 2.18. The number of esters is 1. The first-order chi connectivity index (χ1) is 13.4. The molecule has 9 heteroatoms. The van der Waals surface area contributed by atoms with Crippen LogP contribution in [0.15, 0.2) is 46.3 Å². The maximum atomic E-state index is 13.9. The standard InChI is InChI=1S/C19H13BrF2N2O3S/c1-27-19(26)13-7-16(15(22)8-14(13)21)24-17(25)6-12-9-28-18(23-12)10-3-2-4-11(20)5-10/h2-5,7-9H,6H2,1H3,(H,24,25). The van der Waals surface area contributed by atoms with Crippen LogP contribution in [0.1, 0.15) is 16.1 Å². The maximum absolute atomic E-state index is 13.9. The number of aromatic nitrogens is 1. The van der Waals surface area contributed by atoms with E-state index in [0.29, 0.717) is 11.8 Å². The van der Waals surface area contributed by atoms with E-state index in [1.807, 2.05) is 24.3 Å². The van der Waals surface area contributed by atoms with Gasteiger partial charge in [-0.15, -0.1) is 11.3 Å². The molecule has 5 nitrogen and oxygen atoms in total. The van der Waals surface area contributed by atoms with Crippen LogP contribution >= 0.6 is 27.3 Å². The van der Waals surface area contributed by atoms with Crippen LogP contribution in [0.2, 0.25) is 0 Å². The first-order valence-electron chi connectivity index (χ1n) is 7.95. The van der Waals surface area contributed by atoms with Gasteiger partial charge < -0.3 is 10.1 Å². The van der Waals surface area contributed by atoms with Gasteiger partial charge in [0.2, 0.25) is 5.91 Å². The Hall–Kier alpha value is -2.65. The van der Waals surface area contributed by atoms with Gasteiger partial charge in [-0.05, 0) is 18.2 Å². The van der Waals surface area contributed by atoms with Crippen molar-refractivity contribution in [3.05, 3.63) is 69.1 Å². The van der Waals surface area contributed by atoms with Crippen LogP contribution in [0.4, 0.5) is 14.5 Å². The summed E-state index contributed by atoms with van der Waals surface area (Å²) in [6.07, 6.45) is -0.102. The Morgan fingerprint density at radius 3 is 2.71 bits per heavy atom. The van der Waals surface area contributed by atoms with Crippen molar-refractivity contribution in [1.82, 2.24) is 4.98 Å². The molecule has 1 aromatic heterocycles. The molecule has 144 valence electrons. The van der Waals surface area contributed by atoms with Crippen molar-refractivity contribution in [3.8, 4) is 10.6 Å². The molecule has 1 N–H and O–H groups in total. The highest BCUT2D eigenvalue weighted by atomic mass is 79.9. The number of ether oxygens (including phenoxy) is 1. The topological polar surface area (TPSA) is 68.3 Å². The molecular weight excluding hydrogens is 454 g/mol. The first kappa shape index (κ1) is 20.1. The predicted molar refractivity (Wildman–Crippen MR) is 105 cm³/mol. The van der Waals surface area contributed by atoms with E-state index in [9.17, 15) is 18.4 Å². The Morgan fingerprint density at radius 1 is 1.21 bits per heavy atom. The number of methoxy groups -OCH3 is 1. The molecule has 0 aliphatic carbocycles. The number of amides is 1. The van der Waals surface area contributed by atoms with E-state index in [0.717, 1.165) is 28.2 Å². The van der Waals surface area contributed by atoms with Crippen LogP contribution in [-0.4, -0.2) is 24.0 Å². The van der Waals surface area contributed by atoms with E-state index >= 15 is 0 Å². The van der Waals surface area contributed by atoms with E-state index in [1.165, 1.54) is 11.3 Å². The molecule has 0 aliphatic rings. The summed E-state index contributed by atoms with van der Waals surface area (Å²) in [5, 5.41) is 4.81. The van der Waals surface area contributed by atoms with Gasteiger partial charge in [0.05, 0.1) is 30.5 Å². The van der Waals surface area contributed by atoms with Crippen LogP contribution in [0.25, 0.3) is 10.6 Å². The number of halogens is 3. The van der Waals surface area contributed by atoms with Gasteiger partial charge in [-0.2, -0.15) is 0 Å². The van der Waals surface area contributed by atoms with Crippen molar-refractivity contribution in [2.45, 2.75) is 6.42 Å². The summed E-state index contributed by atoms with van der Waals surface area (Å²) in [4.78, 5) is 28.2. The van der Waals surface area contributed by atoms with E-state index in [1.54, 1.807) is 5.38 Å². The van der Waals surface area contributed by atoms with Gasteiger partial charge in [0.25, 0.3) is 0 Å². The van der Waals surface area contributed by atoms with Crippen molar-refractivity contribution in [3.63, 3.8) is 0 Å². The molecule has 0 atom stereocenters. The van der Waals surface area contributed by atoms with Gasteiger partial charge in [-0.25, -0.2) is 18.6 Å². The van der Waals surface area contributed by atoms with Gasteiger partial charge >= 0.3 is 5.97 Å². The number of benzene rings is 2. The molecule has 0 saturated heterocycles. The van der Waals surface area contributed by atoms with Gasteiger partial charge in [0, 0.05) is 21.5 Å². The average molecular weight is 467 g/mol. The summed E-state index contributed by atoms with van der Waals surface area (Å²) in [5.74, 6) is -3.58. The number of carbonyl (C=O) groups excluding carboxylic acids is 2. The largest absolute Gasteiger partial charge is 0.465 e. The molecule has 0 spiro atoms. The molecule has 2 aromatic carbocycles. The molecule has 0 unspecified atom stereocenters. The normalized spacial score (nSPS) is 10.6. The number of carbonyl (C=O) groups is 2. The first-order valence-corrected chi connectivity index (χ1v) is 9.62. The van der Waals surface area contributed by atoms with E-state index in [-0.39, 0.29) is 12.1 Å². The molecule has 0 radical (unpaired) electrons. The van der Waals surface area contributed by atoms with Crippen molar-refractivity contribution in [2.24, 2.45) is 0 Å². The monoisotopic (exact) mass is 466 g/mol. The number of anilines is 1. The fraction of sp³-hybridized carbons (Fsp3) is 0.105. The summed E-state index contributed by atoms with van der Waals surface area (Å²) >= 11 is 4.77. The minimum Gasteiger partial charge on any atom is -0.465 e. The third-order valence-corrected chi connectivity index (χ3v) is 5.13. The smallest absolute Gasteiger partial charge is 0.340 e. The Kier molecular flexibility index (Phi) is 6.15. The lowest BCUT2D eigenvalue weighted by atomic mass is 10.1. The van der Waals surface area contributed by atoms with Crippen LogP contribution in [0.3, 0.4) is 0 Å². The molecule has 1 heterocycles. The Balaban J connectivity index is 1.74. The van der Waals surface area contributed by atoms with Crippen molar-refractivity contribution in [1.29, 1.82) is 0 Å².